The Morgan fingerprint density at radius 2 is 2.43 bits per heavy atom. The average molecular weight is 122 g/mol. The summed E-state index contributed by atoms with van der Waals surface area (Å²) in [7, 11) is 0. The molecule has 0 saturated carbocycles. The van der Waals surface area contributed by atoms with E-state index in [9.17, 15) is 0 Å². The van der Waals surface area contributed by atoms with Crippen LogP contribution in [0.15, 0.2) is 5.16 Å². The topological polar surface area (TPSA) is 21.6 Å². The molecule has 0 bridgehead atoms. The zero-order valence-corrected chi connectivity index (χ0v) is 4.82. The van der Waals surface area contributed by atoms with Crippen molar-refractivity contribution in [1.29, 1.82) is 0 Å². The van der Waals surface area contributed by atoms with Crippen molar-refractivity contribution in [3.63, 3.8) is 0 Å². The maximum absolute atomic E-state index is 5.30. The van der Waals surface area contributed by atoms with Crippen molar-refractivity contribution in [3.05, 3.63) is 0 Å². The molecule has 0 aromatic carbocycles. The smallest absolute Gasteiger partial charge is 0.118 e. The van der Waals surface area contributed by atoms with Gasteiger partial charge in [0.25, 0.3) is 0 Å². The summed E-state index contributed by atoms with van der Waals surface area (Å²) in [5, 5.41) is 3.16. The molecule has 0 saturated heterocycles. The number of alkyl halides is 1. The van der Waals surface area contributed by atoms with Gasteiger partial charge >= 0.3 is 0 Å². The third kappa shape index (κ3) is 5.76. The monoisotopic (exact) mass is 121 g/mol. The van der Waals surface area contributed by atoms with Crippen LogP contribution in [0.3, 0.4) is 0 Å². The first kappa shape index (κ1) is 6.76. The van der Waals surface area contributed by atoms with Crippen molar-refractivity contribution in [1.82, 2.24) is 0 Å². The lowest BCUT2D eigenvalue weighted by Crippen LogP contribution is -1.86. The molecule has 42 valence electrons. The maximum atomic E-state index is 5.30. The van der Waals surface area contributed by atoms with E-state index in [-0.39, 0.29) is 0 Å². The third-order valence-electron chi connectivity index (χ3n) is 0.461. The normalized spacial score (nSPS) is 8.14. The van der Waals surface area contributed by atoms with Gasteiger partial charge in [-0.1, -0.05) is 0 Å². The molecule has 0 aromatic rings. The van der Waals surface area contributed by atoms with Crippen LogP contribution in [0.2, 0.25) is 0 Å². The Bertz CT molecular complexity index is 49.0. The molecule has 0 heterocycles. The van der Waals surface area contributed by atoms with Crippen LogP contribution in [-0.2, 0) is 4.84 Å². The second-order valence-electron chi connectivity index (χ2n) is 1.00. The number of hydrogen-bond donors (Lipinski definition) is 0. The minimum absolute atomic E-state index is 0.576. The molecule has 0 rings (SSSR count). The Hall–Kier alpha value is -0.240. The summed E-state index contributed by atoms with van der Waals surface area (Å²) >= 11 is 5.30. The van der Waals surface area contributed by atoms with Crippen molar-refractivity contribution in [2.75, 3.05) is 12.5 Å². The molecule has 0 N–H and O–H groups in total. The zero-order valence-electron chi connectivity index (χ0n) is 4.06. The van der Waals surface area contributed by atoms with Gasteiger partial charge in [0.1, 0.15) is 6.61 Å². The highest BCUT2D eigenvalue weighted by Gasteiger charge is 1.79. The Morgan fingerprint density at radius 3 is 2.86 bits per heavy atom. The largest absolute Gasteiger partial charge is 0.396 e. The fourth-order valence-electron chi connectivity index (χ4n) is 0.184. The molecular formula is C4H8ClNO. The van der Waals surface area contributed by atoms with E-state index in [4.69, 9.17) is 11.6 Å². The van der Waals surface area contributed by atoms with Gasteiger partial charge in [-0.25, -0.2) is 0 Å². The lowest BCUT2D eigenvalue weighted by Gasteiger charge is -1.90. The van der Waals surface area contributed by atoms with E-state index in [1.165, 1.54) is 0 Å². The molecule has 0 unspecified atom stereocenters. The molecule has 7 heavy (non-hydrogen) atoms. The molecule has 0 fully saturated rings. The van der Waals surface area contributed by atoms with Gasteiger partial charge in [0.2, 0.25) is 0 Å². The van der Waals surface area contributed by atoms with Crippen molar-refractivity contribution in [2.45, 2.75) is 6.42 Å². The van der Waals surface area contributed by atoms with E-state index in [2.05, 4.69) is 16.7 Å². The molecule has 0 aliphatic rings. The summed E-state index contributed by atoms with van der Waals surface area (Å²) in [5.41, 5.74) is 0. The van der Waals surface area contributed by atoms with Crippen LogP contribution in [0.4, 0.5) is 0 Å². The second kappa shape index (κ2) is 5.76. The first-order valence-electron chi connectivity index (χ1n) is 2.05. The first-order valence-corrected chi connectivity index (χ1v) is 2.59. The number of halogens is 1. The first-order chi connectivity index (χ1) is 3.41. The van der Waals surface area contributed by atoms with Crippen LogP contribution < -0.4 is 0 Å². The number of nitrogens with zero attached hydrogens (tertiary/aromatic N) is 1. The van der Waals surface area contributed by atoms with Gasteiger partial charge < -0.3 is 4.84 Å². The highest BCUT2D eigenvalue weighted by Crippen LogP contribution is 1.84. The van der Waals surface area contributed by atoms with Crippen molar-refractivity contribution in [2.24, 2.45) is 5.16 Å². The Balaban J connectivity index is 2.56. The molecular weight excluding hydrogens is 114 g/mol. The van der Waals surface area contributed by atoms with E-state index >= 15 is 0 Å². The van der Waals surface area contributed by atoms with E-state index < -0.39 is 0 Å². The summed E-state index contributed by atoms with van der Waals surface area (Å²) in [4.78, 5) is 4.50. The van der Waals surface area contributed by atoms with Crippen LogP contribution >= 0.6 is 11.6 Å². The standard InChI is InChI=1S/C4H8ClNO/c1-6-7-4-2-3-5/h1-4H2. The molecule has 0 aliphatic carbocycles. The summed E-state index contributed by atoms with van der Waals surface area (Å²) in [5.74, 6) is 0.621. The van der Waals surface area contributed by atoms with E-state index in [0.29, 0.717) is 12.5 Å². The summed E-state index contributed by atoms with van der Waals surface area (Å²) in [6.45, 7) is 3.69. The minimum atomic E-state index is 0.576. The SMILES string of the molecule is C=NOCCCCl. The van der Waals surface area contributed by atoms with Gasteiger partial charge in [-0.05, 0) is 6.42 Å². The zero-order chi connectivity index (χ0) is 5.54. The Labute approximate surface area is 48.1 Å². The molecule has 0 atom stereocenters. The number of hydrogen-bond acceptors (Lipinski definition) is 2. The maximum Gasteiger partial charge on any atom is 0.118 e. The van der Waals surface area contributed by atoms with Crippen molar-refractivity contribution >= 4 is 18.3 Å². The van der Waals surface area contributed by atoms with Crippen LogP contribution in [0.1, 0.15) is 6.42 Å². The number of rotatable bonds is 4. The van der Waals surface area contributed by atoms with Crippen molar-refractivity contribution < 1.29 is 4.84 Å². The van der Waals surface area contributed by atoms with Crippen LogP contribution in [-0.4, -0.2) is 19.2 Å². The Kier molecular flexibility index (Phi) is 5.56. The van der Waals surface area contributed by atoms with Gasteiger partial charge in [-0.3, -0.25) is 0 Å². The summed E-state index contributed by atoms with van der Waals surface area (Å²) < 4.78 is 0. The average Bonchev–Trinajstić information content (AvgIpc) is 1.69. The fraction of sp³-hybridized carbons (Fsp3) is 0.750. The highest BCUT2D eigenvalue weighted by atomic mass is 35.5. The van der Waals surface area contributed by atoms with Gasteiger partial charge in [0.15, 0.2) is 0 Å². The molecule has 2 nitrogen and oxygen atoms in total. The summed E-state index contributed by atoms with van der Waals surface area (Å²) in [6.07, 6.45) is 0.834. The highest BCUT2D eigenvalue weighted by molar-refractivity contribution is 6.17. The van der Waals surface area contributed by atoms with Gasteiger partial charge in [-0.2, -0.15) is 0 Å². The molecule has 0 amide bonds. The molecule has 0 aromatic heterocycles. The molecule has 3 heteroatoms. The van der Waals surface area contributed by atoms with E-state index in [0.717, 1.165) is 6.42 Å². The van der Waals surface area contributed by atoms with Crippen molar-refractivity contribution in [3.8, 4) is 0 Å². The third-order valence-corrected chi connectivity index (χ3v) is 0.728. The Morgan fingerprint density at radius 1 is 1.71 bits per heavy atom. The predicted octanol–water partition coefficient (Wildman–Crippen LogP) is 1.25. The molecule has 0 aliphatic heterocycles. The summed E-state index contributed by atoms with van der Waals surface area (Å²) in [6, 6.07) is 0. The van der Waals surface area contributed by atoms with Crippen LogP contribution in [0.5, 0.6) is 0 Å². The van der Waals surface area contributed by atoms with Gasteiger partial charge in [-0.15, -0.1) is 16.8 Å². The predicted molar refractivity (Wildman–Crippen MR) is 30.8 cm³/mol. The van der Waals surface area contributed by atoms with Gasteiger partial charge in [0, 0.05) is 12.6 Å². The number of oxime groups is 1. The van der Waals surface area contributed by atoms with E-state index in [1.807, 2.05) is 0 Å². The lowest BCUT2D eigenvalue weighted by atomic mass is 10.5. The van der Waals surface area contributed by atoms with Gasteiger partial charge in [0.05, 0.1) is 0 Å². The fourth-order valence-corrected chi connectivity index (χ4v) is 0.293. The van der Waals surface area contributed by atoms with E-state index in [1.54, 1.807) is 0 Å². The van der Waals surface area contributed by atoms with Crippen LogP contribution in [0, 0.1) is 0 Å². The minimum Gasteiger partial charge on any atom is -0.396 e. The second-order valence-corrected chi connectivity index (χ2v) is 1.38. The molecule has 0 radical (unpaired) electrons. The molecule has 0 spiro atoms. The quantitative estimate of drug-likeness (QED) is 0.237. The lowest BCUT2D eigenvalue weighted by molar-refractivity contribution is 0.148. The van der Waals surface area contributed by atoms with Crippen LogP contribution in [0.25, 0.3) is 0 Å².